The Morgan fingerprint density at radius 1 is 1.05 bits per heavy atom. The van der Waals surface area contributed by atoms with E-state index in [2.05, 4.69) is 15.1 Å². The van der Waals surface area contributed by atoms with Crippen molar-refractivity contribution in [2.45, 2.75) is 13.0 Å². The summed E-state index contributed by atoms with van der Waals surface area (Å²) in [6.07, 6.45) is 5.30. The molecule has 20 heavy (non-hydrogen) atoms. The zero-order chi connectivity index (χ0) is 13.8. The fraction of sp³-hybridized carbons (Fsp3) is 0.143. The zero-order valence-corrected chi connectivity index (χ0v) is 10.6. The van der Waals surface area contributed by atoms with Crippen molar-refractivity contribution in [2.75, 3.05) is 0 Å². The predicted octanol–water partition coefficient (Wildman–Crippen LogP) is 1.54. The van der Waals surface area contributed by atoms with Crippen LogP contribution in [-0.2, 0) is 13.0 Å². The lowest BCUT2D eigenvalue weighted by Crippen LogP contribution is -2.23. The fourth-order valence-electron chi connectivity index (χ4n) is 1.84. The van der Waals surface area contributed by atoms with Crippen LogP contribution in [0.15, 0.2) is 58.2 Å². The first-order chi connectivity index (χ1) is 9.83. The van der Waals surface area contributed by atoms with Gasteiger partial charge in [0.15, 0.2) is 5.89 Å². The molecule has 0 saturated heterocycles. The normalized spacial score (nSPS) is 10.6. The molecule has 0 aliphatic rings. The highest BCUT2D eigenvalue weighted by atomic mass is 16.3. The molecule has 0 fully saturated rings. The molecular formula is C14H12N4O2. The van der Waals surface area contributed by atoms with E-state index < -0.39 is 0 Å². The predicted molar refractivity (Wildman–Crippen MR) is 71.9 cm³/mol. The molecule has 0 atom stereocenters. The van der Waals surface area contributed by atoms with Crippen LogP contribution in [0.2, 0.25) is 0 Å². The number of aromatic nitrogens is 4. The Morgan fingerprint density at radius 2 is 2.00 bits per heavy atom. The Hall–Kier alpha value is -2.76. The molecule has 0 spiro atoms. The van der Waals surface area contributed by atoms with Crippen LogP contribution in [0.25, 0.3) is 11.4 Å². The first-order valence-corrected chi connectivity index (χ1v) is 6.21. The second kappa shape index (κ2) is 5.48. The minimum atomic E-state index is -0.156. The van der Waals surface area contributed by atoms with E-state index in [4.69, 9.17) is 4.42 Å². The molecule has 0 aliphatic carbocycles. The van der Waals surface area contributed by atoms with Crippen molar-refractivity contribution in [2.24, 2.45) is 0 Å². The van der Waals surface area contributed by atoms with E-state index in [1.54, 1.807) is 18.5 Å². The van der Waals surface area contributed by atoms with Crippen LogP contribution >= 0.6 is 0 Å². The van der Waals surface area contributed by atoms with E-state index in [0.717, 1.165) is 5.69 Å². The van der Waals surface area contributed by atoms with Gasteiger partial charge < -0.3 is 4.42 Å². The summed E-state index contributed by atoms with van der Waals surface area (Å²) >= 11 is 0. The maximum absolute atomic E-state index is 11.8. The first kappa shape index (κ1) is 12.3. The van der Waals surface area contributed by atoms with Crippen LogP contribution in [0.4, 0.5) is 0 Å². The van der Waals surface area contributed by atoms with Gasteiger partial charge in [-0.2, -0.15) is 5.10 Å². The first-order valence-electron chi connectivity index (χ1n) is 6.21. The summed E-state index contributed by atoms with van der Waals surface area (Å²) in [5, 5.41) is 4.31. The van der Waals surface area contributed by atoms with Crippen molar-refractivity contribution in [3.05, 3.63) is 65.2 Å². The number of aryl methyl sites for hydroxylation is 2. The third kappa shape index (κ3) is 2.64. The molecule has 0 aliphatic heterocycles. The van der Waals surface area contributed by atoms with Gasteiger partial charge in [-0.15, -0.1) is 0 Å². The van der Waals surface area contributed by atoms with Crippen LogP contribution in [-0.4, -0.2) is 19.7 Å². The largest absolute Gasteiger partial charge is 0.449 e. The lowest BCUT2D eigenvalue weighted by atomic mass is 10.2. The van der Waals surface area contributed by atoms with Crippen LogP contribution < -0.4 is 5.56 Å². The van der Waals surface area contributed by atoms with Gasteiger partial charge in [-0.25, -0.2) is 9.67 Å². The quantitative estimate of drug-likeness (QED) is 0.717. The summed E-state index contributed by atoms with van der Waals surface area (Å²) in [6, 6.07) is 8.73. The Kier molecular flexibility index (Phi) is 3.36. The van der Waals surface area contributed by atoms with E-state index >= 15 is 0 Å². The van der Waals surface area contributed by atoms with Gasteiger partial charge in [-0.05, 0) is 18.2 Å². The Morgan fingerprint density at radius 3 is 2.75 bits per heavy atom. The molecule has 6 heteroatoms. The topological polar surface area (TPSA) is 73.8 Å². The third-order valence-corrected chi connectivity index (χ3v) is 2.81. The number of rotatable bonds is 4. The number of hydrogen-bond donors (Lipinski definition) is 0. The van der Waals surface area contributed by atoms with E-state index in [1.165, 1.54) is 17.0 Å². The minimum absolute atomic E-state index is 0.156. The molecule has 0 amide bonds. The summed E-state index contributed by atoms with van der Waals surface area (Å²) in [5.74, 6) is 0.585. The number of hydrogen-bond acceptors (Lipinski definition) is 5. The lowest BCUT2D eigenvalue weighted by molar-refractivity contribution is 0.460. The highest BCUT2D eigenvalue weighted by molar-refractivity contribution is 5.52. The van der Waals surface area contributed by atoms with E-state index in [0.29, 0.717) is 24.6 Å². The van der Waals surface area contributed by atoms with E-state index in [-0.39, 0.29) is 5.56 Å². The summed E-state index contributed by atoms with van der Waals surface area (Å²) < 4.78 is 6.54. The zero-order valence-electron chi connectivity index (χ0n) is 10.6. The van der Waals surface area contributed by atoms with Gasteiger partial charge in [-0.3, -0.25) is 9.78 Å². The monoisotopic (exact) mass is 268 g/mol. The van der Waals surface area contributed by atoms with E-state index in [9.17, 15) is 4.79 Å². The van der Waals surface area contributed by atoms with Gasteiger partial charge in [0.2, 0.25) is 0 Å². The molecule has 3 aromatic rings. The highest BCUT2D eigenvalue weighted by Gasteiger charge is 2.05. The summed E-state index contributed by atoms with van der Waals surface area (Å²) in [6.45, 7) is 0.417. The molecule has 6 nitrogen and oxygen atoms in total. The van der Waals surface area contributed by atoms with Gasteiger partial charge in [0.05, 0.1) is 18.4 Å². The van der Waals surface area contributed by atoms with Gasteiger partial charge >= 0.3 is 0 Å². The van der Waals surface area contributed by atoms with Crippen molar-refractivity contribution in [1.82, 2.24) is 19.7 Å². The molecule has 0 unspecified atom stereocenters. The summed E-state index contributed by atoms with van der Waals surface area (Å²) in [7, 11) is 0. The number of pyridine rings is 1. The standard InChI is InChI=1S/C14H12N4O2/c19-14-5-4-12(11-3-1-2-7-15-11)17-18(14)9-6-13-16-8-10-20-13/h1-5,7-8,10H,6,9H2. The number of nitrogens with zero attached hydrogens (tertiary/aromatic N) is 4. The van der Waals surface area contributed by atoms with Gasteiger partial charge in [0.1, 0.15) is 12.0 Å². The molecule has 0 radical (unpaired) electrons. The smallest absolute Gasteiger partial charge is 0.266 e. The SMILES string of the molecule is O=c1ccc(-c2ccccn2)nn1CCc1ncco1. The van der Waals surface area contributed by atoms with Crippen molar-refractivity contribution in [1.29, 1.82) is 0 Å². The van der Waals surface area contributed by atoms with Crippen molar-refractivity contribution in [3.8, 4) is 11.4 Å². The summed E-state index contributed by atoms with van der Waals surface area (Å²) in [4.78, 5) is 20.0. The van der Waals surface area contributed by atoms with Crippen LogP contribution in [0.3, 0.4) is 0 Å². The molecule has 0 bridgehead atoms. The molecule has 100 valence electrons. The molecule has 0 saturated carbocycles. The molecule has 3 aromatic heterocycles. The summed E-state index contributed by atoms with van der Waals surface area (Å²) in [5.41, 5.74) is 1.24. The van der Waals surface area contributed by atoms with Gasteiger partial charge in [0, 0.05) is 18.7 Å². The van der Waals surface area contributed by atoms with Crippen LogP contribution in [0, 0.1) is 0 Å². The second-order valence-corrected chi connectivity index (χ2v) is 4.17. The van der Waals surface area contributed by atoms with Crippen molar-refractivity contribution >= 4 is 0 Å². The Labute approximate surface area is 114 Å². The van der Waals surface area contributed by atoms with Gasteiger partial charge in [-0.1, -0.05) is 6.07 Å². The van der Waals surface area contributed by atoms with Crippen LogP contribution in [0.5, 0.6) is 0 Å². The van der Waals surface area contributed by atoms with Crippen LogP contribution in [0.1, 0.15) is 5.89 Å². The maximum atomic E-state index is 11.8. The van der Waals surface area contributed by atoms with Crippen molar-refractivity contribution in [3.63, 3.8) is 0 Å². The Bertz CT molecular complexity index is 735. The average molecular weight is 268 g/mol. The fourth-order valence-corrected chi connectivity index (χ4v) is 1.84. The highest BCUT2D eigenvalue weighted by Crippen LogP contribution is 2.10. The van der Waals surface area contributed by atoms with Crippen molar-refractivity contribution < 1.29 is 4.42 Å². The molecule has 3 heterocycles. The molecule has 0 aromatic carbocycles. The Balaban J connectivity index is 1.85. The van der Waals surface area contributed by atoms with Gasteiger partial charge in [0.25, 0.3) is 5.56 Å². The maximum Gasteiger partial charge on any atom is 0.266 e. The number of oxazole rings is 1. The molecule has 3 rings (SSSR count). The third-order valence-electron chi connectivity index (χ3n) is 2.81. The average Bonchev–Trinajstić information content (AvgIpc) is 3.01. The molecular weight excluding hydrogens is 256 g/mol. The second-order valence-electron chi connectivity index (χ2n) is 4.17. The van der Waals surface area contributed by atoms with E-state index in [1.807, 2.05) is 18.2 Å². The minimum Gasteiger partial charge on any atom is -0.449 e. The lowest BCUT2D eigenvalue weighted by Gasteiger charge is -2.05. The molecule has 0 N–H and O–H groups in total.